The van der Waals surface area contributed by atoms with Crippen molar-refractivity contribution >= 4 is 5.91 Å². The smallest absolute Gasteiger partial charge is 0.234 e. The molecule has 3 rings (SSSR count). The number of benzene rings is 1. The predicted octanol–water partition coefficient (Wildman–Crippen LogP) is 2.10. The maximum atomic E-state index is 12.5. The third-order valence-electron chi connectivity index (χ3n) is 5.32. The van der Waals surface area contributed by atoms with E-state index in [0.29, 0.717) is 13.1 Å². The zero-order valence-corrected chi connectivity index (χ0v) is 16.5. The molecule has 1 aromatic carbocycles. The van der Waals surface area contributed by atoms with Gasteiger partial charge in [-0.25, -0.2) is 0 Å². The third kappa shape index (κ3) is 4.57. The molecule has 1 aliphatic heterocycles. The number of carbonyl (C=O) groups excluding carboxylic acids is 1. The quantitative estimate of drug-likeness (QED) is 0.783. The van der Waals surface area contributed by atoms with Crippen LogP contribution in [0, 0.1) is 0 Å². The Bertz CT molecular complexity index is 782. The fourth-order valence-corrected chi connectivity index (χ4v) is 3.82. The van der Waals surface area contributed by atoms with Crippen molar-refractivity contribution in [2.24, 2.45) is 7.05 Å². The number of amides is 1. The molecule has 6 heteroatoms. The highest BCUT2D eigenvalue weighted by atomic mass is 16.3. The van der Waals surface area contributed by atoms with Gasteiger partial charge in [-0.1, -0.05) is 37.6 Å². The fraction of sp³-hybridized carbons (Fsp3) is 0.524. The van der Waals surface area contributed by atoms with Gasteiger partial charge in [0.05, 0.1) is 24.9 Å². The number of aliphatic hydroxyl groups excluding tert-OH is 1. The molecule has 6 nitrogen and oxygen atoms in total. The van der Waals surface area contributed by atoms with Gasteiger partial charge in [-0.3, -0.25) is 14.4 Å². The Balaban J connectivity index is 1.56. The lowest BCUT2D eigenvalue weighted by molar-refractivity contribution is -0.123. The summed E-state index contributed by atoms with van der Waals surface area (Å²) < 4.78 is 1.85. The molecule has 2 heterocycles. The van der Waals surface area contributed by atoms with Crippen LogP contribution in [0.5, 0.6) is 0 Å². The van der Waals surface area contributed by atoms with Gasteiger partial charge in [0.15, 0.2) is 0 Å². The van der Waals surface area contributed by atoms with Crippen molar-refractivity contribution in [2.75, 3.05) is 13.1 Å². The Kier molecular flexibility index (Phi) is 6.29. The summed E-state index contributed by atoms with van der Waals surface area (Å²) in [6.07, 6.45) is 3.07. The molecule has 27 heavy (non-hydrogen) atoms. The minimum Gasteiger partial charge on any atom is -0.390 e. The second-order valence-electron chi connectivity index (χ2n) is 7.40. The summed E-state index contributed by atoms with van der Waals surface area (Å²) in [5, 5.41) is 17.0. The van der Waals surface area contributed by atoms with Gasteiger partial charge in [-0.2, -0.15) is 5.10 Å². The number of fused-ring (bicyclic) bond motifs is 1. The van der Waals surface area contributed by atoms with Crippen molar-refractivity contribution < 1.29 is 9.90 Å². The van der Waals surface area contributed by atoms with E-state index < -0.39 is 0 Å². The maximum Gasteiger partial charge on any atom is 0.234 e. The summed E-state index contributed by atoms with van der Waals surface area (Å²) >= 11 is 0. The summed E-state index contributed by atoms with van der Waals surface area (Å²) in [6.45, 7) is 5.98. The lowest BCUT2D eigenvalue weighted by Crippen LogP contribution is -2.40. The van der Waals surface area contributed by atoms with Crippen LogP contribution in [0.4, 0.5) is 0 Å². The third-order valence-corrected chi connectivity index (χ3v) is 5.32. The van der Waals surface area contributed by atoms with E-state index in [9.17, 15) is 9.90 Å². The molecule has 0 bridgehead atoms. The van der Waals surface area contributed by atoms with Crippen LogP contribution in [-0.2, 0) is 37.8 Å². The van der Waals surface area contributed by atoms with E-state index in [2.05, 4.69) is 46.5 Å². The lowest BCUT2D eigenvalue weighted by Gasteiger charge is -2.27. The molecule has 0 spiro atoms. The summed E-state index contributed by atoms with van der Waals surface area (Å²) in [6, 6.07) is 8.48. The minimum absolute atomic E-state index is 0.0140. The highest BCUT2D eigenvalue weighted by molar-refractivity contribution is 5.78. The van der Waals surface area contributed by atoms with Gasteiger partial charge >= 0.3 is 0 Å². The summed E-state index contributed by atoms with van der Waals surface area (Å²) in [4.78, 5) is 14.6. The van der Waals surface area contributed by atoms with Gasteiger partial charge in [-0.05, 0) is 24.5 Å². The zero-order chi connectivity index (χ0) is 19.4. The molecule has 0 saturated heterocycles. The monoisotopic (exact) mass is 370 g/mol. The van der Waals surface area contributed by atoms with Crippen LogP contribution in [-0.4, -0.2) is 38.8 Å². The Morgan fingerprint density at radius 3 is 2.74 bits per heavy atom. The number of aliphatic hydroxyl groups is 1. The largest absolute Gasteiger partial charge is 0.390 e. The van der Waals surface area contributed by atoms with Crippen molar-refractivity contribution in [1.82, 2.24) is 20.0 Å². The predicted molar refractivity (Wildman–Crippen MR) is 105 cm³/mol. The summed E-state index contributed by atoms with van der Waals surface area (Å²) in [5.74, 6) is 0.0259. The molecule has 0 saturated carbocycles. The first-order valence-electron chi connectivity index (χ1n) is 9.76. The Morgan fingerprint density at radius 2 is 2.07 bits per heavy atom. The molecule has 0 radical (unpaired) electrons. The Hall–Kier alpha value is -2.18. The fourth-order valence-electron chi connectivity index (χ4n) is 3.82. The van der Waals surface area contributed by atoms with Gasteiger partial charge in [0.1, 0.15) is 0 Å². The number of nitrogens with zero attached hydrogens (tertiary/aromatic N) is 3. The molecule has 146 valence electrons. The van der Waals surface area contributed by atoms with Crippen LogP contribution < -0.4 is 5.32 Å². The lowest BCUT2D eigenvalue weighted by atomic mass is 10.0. The van der Waals surface area contributed by atoms with E-state index in [1.165, 1.54) is 5.56 Å². The molecule has 1 amide bonds. The molecular formula is C21H30N4O2. The van der Waals surface area contributed by atoms with Crippen LogP contribution in [0.15, 0.2) is 24.3 Å². The van der Waals surface area contributed by atoms with Crippen LogP contribution in [0.1, 0.15) is 54.4 Å². The highest BCUT2D eigenvalue weighted by Crippen LogP contribution is 2.22. The van der Waals surface area contributed by atoms with Crippen molar-refractivity contribution in [2.45, 2.75) is 52.3 Å². The van der Waals surface area contributed by atoms with Crippen molar-refractivity contribution in [1.29, 1.82) is 0 Å². The molecular weight excluding hydrogens is 340 g/mol. The number of nitrogens with one attached hydrogen (secondary N) is 1. The van der Waals surface area contributed by atoms with E-state index in [-0.39, 0.29) is 18.6 Å². The number of hydrogen-bond acceptors (Lipinski definition) is 4. The average Bonchev–Trinajstić information content (AvgIpc) is 2.98. The molecule has 0 fully saturated rings. The number of hydrogen-bond donors (Lipinski definition) is 2. The summed E-state index contributed by atoms with van der Waals surface area (Å²) in [7, 11) is 1.91. The topological polar surface area (TPSA) is 70.4 Å². The average molecular weight is 370 g/mol. The summed E-state index contributed by atoms with van der Waals surface area (Å²) in [5.41, 5.74) is 5.41. The van der Waals surface area contributed by atoms with E-state index in [0.717, 1.165) is 48.3 Å². The number of aromatic nitrogens is 2. The van der Waals surface area contributed by atoms with Crippen molar-refractivity contribution in [3.8, 4) is 0 Å². The van der Waals surface area contributed by atoms with Crippen LogP contribution in [0.25, 0.3) is 0 Å². The van der Waals surface area contributed by atoms with Crippen molar-refractivity contribution in [3.05, 3.63) is 52.3 Å². The highest BCUT2D eigenvalue weighted by Gasteiger charge is 2.25. The van der Waals surface area contributed by atoms with Crippen LogP contribution in [0.2, 0.25) is 0 Å². The first kappa shape index (κ1) is 19.6. The standard InChI is InChI=1S/C21H30N4O2/c1-4-5-16-6-8-17(9-7-16)15(2)22-21(27)13-25-11-10-20-18(12-25)19(14-26)23-24(20)3/h6-9,15,26H,4-5,10-14H2,1-3H3,(H,22,27). The van der Waals surface area contributed by atoms with Gasteiger partial charge in [0, 0.05) is 37.8 Å². The van der Waals surface area contributed by atoms with E-state index in [1.807, 2.05) is 18.7 Å². The number of carbonyl (C=O) groups is 1. The normalized spacial score (nSPS) is 15.4. The second kappa shape index (κ2) is 8.67. The van der Waals surface area contributed by atoms with Crippen molar-refractivity contribution in [3.63, 3.8) is 0 Å². The SMILES string of the molecule is CCCc1ccc(C(C)NC(=O)CN2CCc3c(c(CO)nn3C)C2)cc1. The first-order valence-corrected chi connectivity index (χ1v) is 9.76. The van der Waals surface area contributed by atoms with Gasteiger partial charge < -0.3 is 10.4 Å². The number of rotatable bonds is 7. The Morgan fingerprint density at radius 1 is 1.33 bits per heavy atom. The zero-order valence-electron chi connectivity index (χ0n) is 16.5. The van der Waals surface area contributed by atoms with E-state index >= 15 is 0 Å². The van der Waals surface area contributed by atoms with E-state index in [4.69, 9.17) is 0 Å². The molecule has 1 aliphatic rings. The first-order chi connectivity index (χ1) is 13.0. The Labute approximate surface area is 161 Å². The van der Waals surface area contributed by atoms with Crippen LogP contribution >= 0.6 is 0 Å². The van der Waals surface area contributed by atoms with Gasteiger partial charge in [0.2, 0.25) is 5.91 Å². The minimum atomic E-state index is -0.0612. The molecule has 1 unspecified atom stereocenters. The molecule has 2 N–H and O–H groups in total. The molecule has 1 aromatic heterocycles. The number of aryl methyl sites for hydroxylation is 2. The molecule has 0 aliphatic carbocycles. The van der Waals surface area contributed by atoms with Gasteiger partial charge in [-0.15, -0.1) is 0 Å². The van der Waals surface area contributed by atoms with E-state index in [1.54, 1.807) is 0 Å². The van der Waals surface area contributed by atoms with Crippen LogP contribution in [0.3, 0.4) is 0 Å². The molecule has 2 aromatic rings. The second-order valence-corrected chi connectivity index (χ2v) is 7.40. The van der Waals surface area contributed by atoms with Gasteiger partial charge in [0.25, 0.3) is 0 Å². The molecule has 1 atom stereocenters. The maximum absolute atomic E-state index is 12.5.